The van der Waals surface area contributed by atoms with E-state index in [0.717, 1.165) is 38.6 Å². The first-order valence-corrected chi connectivity index (χ1v) is 17.8. The predicted octanol–water partition coefficient (Wildman–Crippen LogP) is 11.3. The van der Waals surface area contributed by atoms with Gasteiger partial charge in [0.2, 0.25) is 0 Å². The number of fused-ring (bicyclic) bond motifs is 5. The molecule has 4 nitrogen and oxygen atoms in total. The van der Waals surface area contributed by atoms with Gasteiger partial charge in [-0.05, 0) is 64.7 Å². The summed E-state index contributed by atoms with van der Waals surface area (Å²) in [6.07, 6.45) is 6.11. The van der Waals surface area contributed by atoms with E-state index in [9.17, 15) is 5.26 Å². The van der Waals surface area contributed by atoms with Gasteiger partial charge in [0.05, 0.1) is 11.6 Å². The van der Waals surface area contributed by atoms with E-state index in [0.29, 0.717) is 23.0 Å². The summed E-state index contributed by atoms with van der Waals surface area (Å²) in [7, 11) is 0. The number of nitriles is 1. The van der Waals surface area contributed by atoms with Crippen molar-refractivity contribution in [3.63, 3.8) is 0 Å². The summed E-state index contributed by atoms with van der Waals surface area (Å²) in [5, 5.41) is 11.7. The number of aromatic nitrogens is 3. The summed E-state index contributed by atoms with van der Waals surface area (Å²) in [5.41, 5.74) is 8.66. The molecule has 2 heterocycles. The molecule has 1 saturated carbocycles. The second kappa shape index (κ2) is 12.1. The third-order valence-corrected chi connectivity index (χ3v) is 11.4. The molecule has 0 amide bonds. The highest BCUT2D eigenvalue weighted by Crippen LogP contribution is 2.55. The smallest absolute Gasteiger partial charge is 0.164 e. The van der Waals surface area contributed by atoms with E-state index in [1.54, 1.807) is 0 Å². The van der Waals surface area contributed by atoms with Crippen molar-refractivity contribution in [2.75, 3.05) is 0 Å². The van der Waals surface area contributed by atoms with Crippen LogP contribution in [0.4, 0.5) is 0 Å². The molecule has 0 N–H and O–H groups in total. The van der Waals surface area contributed by atoms with Crippen LogP contribution in [-0.4, -0.2) is 15.0 Å². The molecule has 49 heavy (non-hydrogen) atoms. The van der Waals surface area contributed by atoms with Gasteiger partial charge in [0, 0.05) is 37.3 Å². The Hall–Kier alpha value is -5.57. The first kappa shape index (κ1) is 29.6. The first-order chi connectivity index (χ1) is 24.2. The minimum atomic E-state index is 0.0228. The lowest BCUT2D eigenvalue weighted by Crippen LogP contribution is -2.33. The normalized spacial score (nSPS) is 14.6. The Morgan fingerprint density at radius 3 is 1.86 bits per heavy atom. The van der Waals surface area contributed by atoms with E-state index >= 15 is 0 Å². The third-order valence-electron chi connectivity index (χ3n) is 10.2. The highest BCUT2D eigenvalue weighted by molar-refractivity contribution is 7.99. The van der Waals surface area contributed by atoms with Gasteiger partial charge in [-0.15, -0.1) is 0 Å². The summed E-state index contributed by atoms with van der Waals surface area (Å²) < 4.78 is 0. The van der Waals surface area contributed by atoms with Gasteiger partial charge < -0.3 is 0 Å². The molecule has 0 unspecified atom stereocenters. The molecule has 6 aromatic carbocycles. The van der Waals surface area contributed by atoms with Crippen molar-refractivity contribution >= 4 is 22.5 Å². The Kier molecular flexibility index (Phi) is 7.33. The van der Waals surface area contributed by atoms with Gasteiger partial charge in [-0.2, -0.15) is 5.26 Å². The van der Waals surface area contributed by atoms with Crippen molar-refractivity contribution in [2.45, 2.75) is 47.3 Å². The molecule has 2 aliphatic rings. The Morgan fingerprint density at radius 2 is 1.10 bits per heavy atom. The minimum absolute atomic E-state index is 0.0228. The SMILES string of the molecule is N#Cc1ccc(-c2ccc(-c3nc(-c4ccccc4)nc(-c4ccc5c(c4)C4(CCCCC4)c4ccccc4S5)n3)cc2)c2ccccc12. The fraction of sp³-hybridized carbons (Fsp3) is 0.136. The molecule has 0 saturated heterocycles. The molecule has 1 fully saturated rings. The van der Waals surface area contributed by atoms with Crippen LogP contribution in [0.1, 0.15) is 48.8 Å². The molecule has 1 spiro atoms. The first-order valence-electron chi connectivity index (χ1n) is 17.0. The number of benzene rings is 6. The van der Waals surface area contributed by atoms with E-state index in [2.05, 4.69) is 91.0 Å². The molecule has 7 aromatic rings. The van der Waals surface area contributed by atoms with Crippen molar-refractivity contribution < 1.29 is 0 Å². The topological polar surface area (TPSA) is 62.5 Å². The third kappa shape index (κ3) is 5.12. The number of rotatable bonds is 4. The van der Waals surface area contributed by atoms with Crippen LogP contribution >= 0.6 is 11.8 Å². The molecule has 1 aliphatic heterocycles. The summed E-state index contributed by atoms with van der Waals surface area (Å²) >= 11 is 1.89. The fourth-order valence-electron chi connectivity index (χ4n) is 7.84. The van der Waals surface area contributed by atoms with Gasteiger partial charge in [-0.25, -0.2) is 15.0 Å². The van der Waals surface area contributed by atoms with Gasteiger partial charge in [0.25, 0.3) is 0 Å². The summed E-state index contributed by atoms with van der Waals surface area (Å²) in [4.78, 5) is 18.0. The molecule has 0 bridgehead atoms. The number of hydrogen-bond acceptors (Lipinski definition) is 5. The van der Waals surface area contributed by atoms with Gasteiger partial charge in [0.1, 0.15) is 0 Å². The average molecular weight is 649 g/mol. The van der Waals surface area contributed by atoms with Crippen LogP contribution in [0.2, 0.25) is 0 Å². The maximum atomic E-state index is 9.66. The van der Waals surface area contributed by atoms with Crippen LogP contribution < -0.4 is 0 Å². The van der Waals surface area contributed by atoms with Gasteiger partial charge >= 0.3 is 0 Å². The van der Waals surface area contributed by atoms with Crippen molar-refractivity contribution in [3.05, 3.63) is 150 Å². The van der Waals surface area contributed by atoms with E-state index in [1.807, 2.05) is 60.3 Å². The minimum Gasteiger partial charge on any atom is -0.208 e. The highest BCUT2D eigenvalue weighted by atomic mass is 32.2. The quantitative estimate of drug-likeness (QED) is 0.190. The molecule has 0 atom stereocenters. The van der Waals surface area contributed by atoms with Gasteiger partial charge in [-0.1, -0.05) is 140 Å². The zero-order chi connectivity index (χ0) is 32.8. The molecular weight excluding hydrogens is 617 g/mol. The Balaban J connectivity index is 1.16. The lowest BCUT2D eigenvalue weighted by atomic mass is 9.65. The van der Waals surface area contributed by atoms with Crippen LogP contribution in [0, 0.1) is 11.3 Å². The zero-order valence-electron chi connectivity index (χ0n) is 26.9. The molecule has 1 aromatic heterocycles. The fourth-order valence-corrected chi connectivity index (χ4v) is 9.10. The second-order valence-electron chi connectivity index (χ2n) is 13.0. The zero-order valence-corrected chi connectivity index (χ0v) is 27.8. The van der Waals surface area contributed by atoms with Crippen molar-refractivity contribution in [2.24, 2.45) is 0 Å². The lowest BCUT2D eigenvalue weighted by Gasteiger charge is -2.43. The summed E-state index contributed by atoms with van der Waals surface area (Å²) in [6.45, 7) is 0. The largest absolute Gasteiger partial charge is 0.208 e. The van der Waals surface area contributed by atoms with E-state index in [4.69, 9.17) is 15.0 Å². The van der Waals surface area contributed by atoms with E-state index < -0.39 is 0 Å². The molecule has 9 rings (SSSR count). The highest BCUT2D eigenvalue weighted by Gasteiger charge is 2.42. The molecular formula is C44H32N4S. The van der Waals surface area contributed by atoms with Crippen LogP contribution in [-0.2, 0) is 5.41 Å². The van der Waals surface area contributed by atoms with Crippen LogP contribution in [0.15, 0.2) is 143 Å². The molecule has 1 aliphatic carbocycles. The number of nitrogens with zero attached hydrogens (tertiary/aromatic N) is 4. The van der Waals surface area contributed by atoms with Crippen molar-refractivity contribution in [1.29, 1.82) is 5.26 Å². The van der Waals surface area contributed by atoms with Crippen molar-refractivity contribution in [3.8, 4) is 51.4 Å². The second-order valence-corrected chi connectivity index (χ2v) is 14.1. The van der Waals surface area contributed by atoms with Gasteiger partial charge in [0.15, 0.2) is 17.5 Å². The summed E-state index contributed by atoms with van der Waals surface area (Å²) in [5.74, 6) is 1.99. The van der Waals surface area contributed by atoms with Crippen LogP contribution in [0.3, 0.4) is 0 Å². The van der Waals surface area contributed by atoms with E-state index in [1.165, 1.54) is 53.0 Å². The molecule has 5 heteroatoms. The lowest BCUT2D eigenvalue weighted by molar-refractivity contribution is 0.335. The molecule has 234 valence electrons. The predicted molar refractivity (Wildman–Crippen MR) is 198 cm³/mol. The van der Waals surface area contributed by atoms with Crippen LogP contribution in [0.25, 0.3) is 56.1 Å². The molecule has 0 radical (unpaired) electrons. The van der Waals surface area contributed by atoms with E-state index in [-0.39, 0.29) is 5.41 Å². The average Bonchev–Trinajstić information content (AvgIpc) is 3.18. The maximum Gasteiger partial charge on any atom is 0.164 e. The van der Waals surface area contributed by atoms with Crippen LogP contribution in [0.5, 0.6) is 0 Å². The van der Waals surface area contributed by atoms with Crippen molar-refractivity contribution in [1.82, 2.24) is 15.0 Å². The Labute approximate surface area is 290 Å². The maximum absolute atomic E-state index is 9.66. The monoisotopic (exact) mass is 648 g/mol. The van der Waals surface area contributed by atoms with Gasteiger partial charge in [-0.3, -0.25) is 0 Å². The number of hydrogen-bond donors (Lipinski definition) is 0. The Bertz CT molecular complexity index is 2400. The standard InChI is InChI=1S/C44H32N4S/c45-28-33-21-23-35(36-14-6-5-13-34(33)36)29-17-19-31(20-18-29)42-46-41(30-11-3-1-4-12-30)47-43(48-42)32-22-24-40-38(27-32)44(25-9-2-10-26-44)37-15-7-8-16-39(37)49-40/h1,3-8,11-24,27H,2,9-10,25-26H2. The Morgan fingerprint density at radius 1 is 0.510 bits per heavy atom. The summed E-state index contributed by atoms with van der Waals surface area (Å²) in [6, 6.07) is 48.8.